The average Bonchev–Trinajstić information content (AvgIpc) is 3.29. The first-order valence-corrected chi connectivity index (χ1v) is 11.5. The second kappa shape index (κ2) is 7.98. The molecule has 152 valence electrons. The fraction of sp³-hybridized carbons (Fsp3) is 0.0909. The molecule has 6 nitrogen and oxygen atoms in total. The summed E-state index contributed by atoms with van der Waals surface area (Å²) in [5.74, 6) is -0.330. The van der Waals surface area contributed by atoms with Crippen LogP contribution in [0.3, 0.4) is 0 Å². The third kappa shape index (κ3) is 3.85. The van der Waals surface area contributed by atoms with Gasteiger partial charge in [-0.1, -0.05) is 30.3 Å². The van der Waals surface area contributed by atoms with Crippen LogP contribution in [0, 0.1) is 6.92 Å². The van der Waals surface area contributed by atoms with E-state index in [-0.39, 0.29) is 10.8 Å². The molecule has 0 spiro atoms. The number of nitrogens with one attached hydrogen (secondary N) is 2. The van der Waals surface area contributed by atoms with Crippen LogP contribution in [0.4, 0.5) is 5.69 Å². The predicted molar refractivity (Wildman–Crippen MR) is 120 cm³/mol. The van der Waals surface area contributed by atoms with Crippen LogP contribution >= 0.6 is 11.3 Å². The topological polar surface area (TPSA) is 88.2 Å². The number of hydrogen-bond donors (Lipinski definition) is 2. The van der Waals surface area contributed by atoms with Gasteiger partial charge < -0.3 is 5.32 Å². The molecule has 0 bridgehead atoms. The Hall–Kier alpha value is -3.07. The van der Waals surface area contributed by atoms with Gasteiger partial charge in [0, 0.05) is 11.1 Å². The lowest BCUT2D eigenvalue weighted by Gasteiger charge is -2.12. The van der Waals surface area contributed by atoms with Crippen molar-refractivity contribution in [3.8, 4) is 10.6 Å². The van der Waals surface area contributed by atoms with Gasteiger partial charge in [0.25, 0.3) is 5.91 Å². The number of para-hydroxylation sites is 1. The van der Waals surface area contributed by atoms with E-state index in [0.29, 0.717) is 16.8 Å². The van der Waals surface area contributed by atoms with Crippen LogP contribution in [0.15, 0.2) is 70.9 Å². The van der Waals surface area contributed by atoms with E-state index in [4.69, 9.17) is 0 Å². The fourth-order valence-electron chi connectivity index (χ4n) is 3.19. The van der Waals surface area contributed by atoms with Gasteiger partial charge in [0.1, 0.15) is 0 Å². The smallest absolute Gasteiger partial charge is 0.256 e. The lowest BCUT2D eigenvalue weighted by Crippen LogP contribution is -2.20. The lowest BCUT2D eigenvalue weighted by atomic mass is 10.1. The van der Waals surface area contributed by atoms with Crippen LogP contribution in [-0.2, 0) is 10.0 Å². The number of carbonyl (C=O) groups excluding carboxylic acids is 1. The number of nitrogens with zero attached hydrogens (tertiary/aromatic N) is 1. The molecule has 2 aromatic carbocycles. The van der Waals surface area contributed by atoms with E-state index in [1.807, 2.05) is 41.8 Å². The van der Waals surface area contributed by atoms with Crippen molar-refractivity contribution in [3.05, 3.63) is 77.2 Å². The number of pyridine rings is 1. The fourth-order valence-corrected chi connectivity index (χ4v) is 4.87. The maximum atomic E-state index is 13.2. The van der Waals surface area contributed by atoms with Crippen LogP contribution in [0.1, 0.15) is 15.9 Å². The minimum absolute atomic E-state index is 0.127. The number of benzene rings is 2. The number of hydrogen-bond acceptors (Lipinski definition) is 5. The number of aromatic nitrogens is 1. The maximum absolute atomic E-state index is 13.2. The molecule has 2 N–H and O–H groups in total. The van der Waals surface area contributed by atoms with Crippen molar-refractivity contribution in [2.24, 2.45) is 0 Å². The molecule has 0 aliphatic heterocycles. The van der Waals surface area contributed by atoms with Gasteiger partial charge in [0.2, 0.25) is 10.0 Å². The molecule has 0 unspecified atom stereocenters. The third-order valence-corrected chi connectivity index (χ3v) is 7.19. The van der Waals surface area contributed by atoms with Crippen molar-refractivity contribution in [3.63, 3.8) is 0 Å². The lowest BCUT2D eigenvalue weighted by molar-refractivity contribution is 0.102. The number of anilines is 1. The first-order chi connectivity index (χ1) is 14.4. The number of sulfonamides is 1. The number of aryl methyl sites for hydroxylation is 1. The maximum Gasteiger partial charge on any atom is 0.256 e. The minimum atomic E-state index is -3.63. The molecular weight excluding hydrogens is 418 g/mol. The van der Waals surface area contributed by atoms with Crippen molar-refractivity contribution >= 4 is 43.9 Å². The molecule has 0 aliphatic rings. The van der Waals surface area contributed by atoms with Crippen LogP contribution < -0.4 is 10.0 Å². The van der Waals surface area contributed by atoms with E-state index >= 15 is 0 Å². The Labute approximate surface area is 178 Å². The van der Waals surface area contributed by atoms with Gasteiger partial charge in [0.15, 0.2) is 0 Å². The van der Waals surface area contributed by atoms with Gasteiger partial charge in [-0.15, -0.1) is 11.3 Å². The molecule has 0 aliphatic carbocycles. The van der Waals surface area contributed by atoms with Crippen LogP contribution in [0.25, 0.3) is 21.5 Å². The summed E-state index contributed by atoms with van der Waals surface area (Å²) in [5, 5.41) is 5.52. The van der Waals surface area contributed by atoms with Gasteiger partial charge in [-0.2, -0.15) is 0 Å². The van der Waals surface area contributed by atoms with Crippen molar-refractivity contribution in [1.82, 2.24) is 9.71 Å². The molecule has 2 aromatic heterocycles. The number of carbonyl (C=O) groups is 1. The largest absolute Gasteiger partial charge is 0.322 e. The van der Waals surface area contributed by atoms with Crippen molar-refractivity contribution in [1.29, 1.82) is 0 Å². The molecule has 30 heavy (non-hydrogen) atoms. The summed E-state index contributed by atoms with van der Waals surface area (Å²) in [7, 11) is -2.28. The van der Waals surface area contributed by atoms with Crippen molar-refractivity contribution in [2.45, 2.75) is 11.8 Å². The van der Waals surface area contributed by atoms with Crippen molar-refractivity contribution in [2.75, 3.05) is 12.4 Å². The standard InChI is InChI=1S/C22H19N3O3S2/c1-14-9-10-15(12-21(14)30(27,28)23-2)24-22(26)17-13-19(20-8-5-11-29-20)25-18-7-4-3-6-16(17)18/h3-13,23H,1-2H3,(H,24,26). The van der Waals surface area contributed by atoms with E-state index in [1.54, 1.807) is 36.5 Å². The molecule has 0 radical (unpaired) electrons. The summed E-state index contributed by atoms with van der Waals surface area (Å²) < 4.78 is 26.8. The second-order valence-electron chi connectivity index (χ2n) is 6.69. The van der Waals surface area contributed by atoms with Crippen molar-refractivity contribution < 1.29 is 13.2 Å². The van der Waals surface area contributed by atoms with Gasteiger partial charge >= 0.3 is 0 Å². The zero-order chi connectivity index (χ0) is 21.3. The van der Waals surface area contributed by atoms with E-state index < -0.39 is 10.0 Å². The highest BCUT2D eigenvalue weighted by Crippen LogP contribution is 2.29. The SMILES string of the molecule is CNS(=O)(=O)c1cc(NC(=O)c2cc(-c3cccs3)nc3ccccc23)ccc1C. The molecule has 4 aromatic rings. The Bertz CT molecular complexity index is 1350. The Kier molecular flexibility index (Phi) is 5.38. The predicted octanol–water partition coefficient (Wildman–Crippen LogP) is 4.43. The van der Waals surface area contributed by atoms with Gasteiger partial charge in [-0.05, 0) is 55.2 Å². The highest BCUT2D eigenvalue weighted by Gasteiger charge is 2.18. The second-order valence-corrected chi connectivity index (χ2v) is 9.49. The molecule has 1 amide bonds. The molecular formula is C22H19N3O3S2. The Morgan fingerprint density at radius 2 is 1.83 bits per heavy atom. The first kappa shape index (κ1) is 20.2. The zero-order valence-corrected chi connectivity index (χ0v) is 18.0. The summed E-state index contributed by atoms with van der Waals surface area (Å²) in [6, 6.07) is 17.9. The van der Waals surface area contributed by atoms with Crippen LogP contribution in [-0.4, -0.2) is 26.4 Å². The Morgan fingerprint density at radius 1 is 1.03 bits per heavy atom. The van der Waals surface area contributed by atoms with E-state index in [9.17, 15) is 13.2 Å². The van der Waals surface area contributed by atoms with Gasteiger partial charge in [0.05, 0.1) is 26.5 Å². The van der Waals surface area contributed by atoms with Gasteiger partial charge in [-0.3, -0.25) is 4.79 Å². The molecule has 0 saturated carbocycles. The number of fused-ring (bicyclic) bond motifs is 1. The monoisotopic (exact) mass is 437 g/mol. The Morgan fingerprint density at radius 3 is 2.57 bits per heavy atom. The van der Waals surface area contributed by atoms with Crippen LogP contribution in [0.2, 0.25) is 0 Å². The molecule has 4 rings (SSSR count). The van der Waals surface area contributed by atoms with E-state index in [2.05, 4.69) is 15.0 Å². The Balaban J connectivity index is 1.77. The summed E-state index contributed by atoms with van der Waals surface area (Å²) in [6.07, 6.45) is 0. The minimum Gasteiger partial charge on any atom is -0.322 e. The summed E-state index contributed by atoms with van der Waals surface area (Å²) in [4.78, 5) is 18.9. The average molecular weight is 438 g/mol. The quantitative estimate of drug-likeness (QED) is 0.483. The molecule has 0 fully saturated rings. The molecule has 2 heterocycles. The van der Waals surface area contributed by atoms with E-state index in [0.717, 1.165) is 21.5 Å². The number of amides is 1. The molecule has 0 atom stereocenters. The number of rotatable bonds is 5. The first-order valence-electron chi connectivity index (χ1n) is 9.18. The molecule has 8 heteroatoms. The highest BCUT2D eigenvalue weighted by molar-refractivity contribution is 7.89. The number of thiophene rings is 1. The summed E-state index contributed by atoms with van der Waals surface area (Å²) in [5.41, 5.74) is 2.91. The zero-order valence-electron chi connectivity index (χ0n) is 16.3. The van der Waals surface area contributed by atoms with Crippen LogP contribution in [0.5, 0.6) is 0 Å². The van der Waals surface area contributed by atoms with E-state index in [1.165, 1.54) is 13.1 Å². The third-order valence-electron chi connectivity index (χ3n) is 4.74. The molecule has 0 saturated heterocycles. The normalized spacial score (nSPS) is 11.5. The summed E-state index contributed by atoms with van der Waals surface area (Å²) >= 11 is 1.55. The highest BCUT2D eigenvalue weighted by atomic mass is 32.2. The summed E-state index contributed by atoms with van der Waals surface area (Å²) in [6.45, 7) is 1.71. The van der Waals surface area contributed by atoms with Gasteiger partial charge in [-0.25, -0.2) is 18.1 Å².